The van der Waals surface area contributed by atoms with Gasteiger partial charge in [0.2, 0.25) is 5.75 Å². The van der Waals surface area contributed by atoms with Crippen LogP contribution in [-0.4, -0.2) is 61.3 Å². The summed E-state index contributed by atoms with van der Waals surface area (Å²) in [6.45, 7) is 5.26. The van der Waals surface area contributed by atoms with Gasteiger partial charge in [0, 0.05) is 38.8 Å². The van der Waals surface area contributed by atoms with Crippen molar-refractivity contribution in [3.8, 4) is 17.2 Å². The van der Waals surface area contributed by atoms with Crippen LogP contribution in [0, 0.1) is 0 Å². The number of methoxy groups -OCH3 is 2. The molecule has 0 bridgehead atoms. The SMILES string of the molecule is COc1cc(CN2CCN(C3CCC(c4ccccc4)CC3)CC2)cc(OC)c1O. The minimum absolute atomic E-state index is 0.0691. The van der Waals surface area contributed by atoms with Crippen LogP contribution in [0.3, 0.4) is 0 Å². The molecular formula is C25H34N2O3. The van der Waals surface area contributed by atoms with E-state index >= 15 is 0 Å². The molecule has 0 amide bonds. The lowest BCUT2D eigenvalue weighted by molar-refractivity contribution is 0.0726. The standard InChI is InChI=1S/C25H34N2O3/c1-29-23-16-19(17-24(30-2)25(23)28)18-26-12-14-27(15-13-26)22-10-8-21(9-11-22)20-6-4-3-5-7-20/h3-7,16-17,21-22,28H,8-15,18H2,1-2H3. The van der Waals surface area contributed by atoms with E-state index in [1.165, 1.54) is 31.2 Å². The molecule has 1 saturated heterocycles. The molecule has 162 valence electrons. The Balaban J connectivity index is 1.28. The van der Waals surface area contributed by atoms with Crippen LogP contribution in [0.1, 0.15) is 42.7 Å². The molecule has 1 aliphatic carbocycles. The molecule has 1 heterocycles. The van der Waals surface area contributed by atoms with Gasteiger partial charge < -0.3 is 14.6 Å². The highest BCUT2D eigenvalue weighted by Crippen LogP contribution is 2.38. The molecule has 5 nitrogen and oxygen atoms in total. The molecule has 0 spiro atoms. The fourth-order valence-electron chi connectivity index (χ4n) is 5.08. The minimum atomic E-state index is 0.0691. The van der Waals surface area contributed by atoms with E-state index in [0.29, 0.717) is 11.5 Å². The summed E-state index contributed by atoms with van der Waals surface area (Å²) in [4.78, 5) is 5.19. The Hall–Kier alpha value is -2.24. The van der Waals surface area contributed by atoms with Crippen LogP contribution in [0.25, 0.3) is 0 Å². The van der Waals surface area contributed by atoms with Crippen LogP contribution in [0.5, 0.6) is 17.2 Å². The monoisotopic (exact) mass is 410 g/mol. The number of hydrogen-bond donors (Lipinski definition) is 1. The average Bonchev–Trinajstić information content (AvgIpc) is 2.81. The summed E-state index contributed by atoms with van der Waals surface area (Å²) in [5.41, 5.74) is 2.62. The quantitative estimate of drug-likeness (QED) is 0.771. The second kappa shape index (κ2) is 9.71. The van der Waals surface area contributed by atoms with Gasteiger partial charge in [0.05, 0.1) is 14.2 Å². The van der Waals surface area contributed by atoms with Gasteiger partial charge in [0.15, 0.2) is 11.5 Å². The lowest BCUT2D eigenvalue weighted by Crippen LogP contribution is -2.50. The lowest BCUT2D eigenvalue weighted by Gasteiger charge is -2.42. The molecular weight excluding hydrogens is 376 g/mol. The Morgan fingerprint density at radius 2 is 1.47 bits per heavy atom. The molecule has 4 rings (SSSR count). The summed E-state index contributed by atoms with van der Waals surface area (Å²) in [7, 11) is 3.15. The first kappa shape index (κ1) is 21.0. The molecule has 1 aliphatic heterocycles. The second-order valence-electron chi connectivity index (χ2n) is 8.58. The van der Waals surface area contributed by atoms with Crippen molar-refractivity contribution in [1.29, 1.82) is 0 Å². The van der Waals surface area contributed by atoms with Crippen molar-refractivity contribution in [3.05, 3.63) is 53.6 Å². The molecule has 1 N–H and O–H groups in total. The molecule has 0 radical (unpaired) electrons. The first-order valence-corrected chi connectivity index (χ1v) is 11.1. The van der Waals surface area contributed by atoms with Crippen molar-refractivity contribution in [2.24, 2.45) is 0 Å². The maximum atomic E-state index is 10.1. The van der Waals surface area contributed by atoms with Crippen molar-refractivity contribution in [1.82, 2.24) is 9.80 Å². The van der Waals surface area contributed by atoms with Gasteiger partial charge in [-0.2, -0.15) is 0 Å². The van der Waals surface area contributed by atoms with E-state index in [4.69, 9.17) is 9.47 Å². The van der Waals surface area contributed by atoms with E-state index in [1.807, 2.05) is 12.1 Å². The summed E-state index contributed by atoms with van der Waals surface area (Å²) in [6.07, 6.45) is 5.24. The molecule has 1 saturated carbocycles. The van der Waals surface area contributed by atoms with E-state index < -0.39 is 0 Å². The van der Waals surface area contributed by atoms with Crippen LogP contribution in [0.15, 0.2) is 42.5 Å². The number of rotatable bonds is 6. The number of ether oxygens (including phenoxy) is 2. The third-order valence-electron chi connectivity index (χ3n) is 6.84. The van der Waals surface area contributed by atoms with Crippen LogP contribution in [0.4, 0.5) is 0 Å². The minimum Gasteiger partial charge on any atom is -0.502 e. The van der Waals surface area contributed by atoms with Gasteiger partial charge in [-0.3, -0.25) is 9.80 Å². The molecule has 30 heavy (non-hydrogen) atoms. The van der Waals surface area contributed by atoms with E-state index in [9.17, 15) is 5.11 Å². The third kappa shape index (κ3) is 4.73. The van der Waals surface area contributed by atoms with Gasteiger partial charge in [-0.25, -0.2) is 0 Å². The highest BCUT2D eigenvalue weighted by molar-refractivity contribution is 5.52. The van der Waals surface area contributed by atoms with E-state index in [0.717, 1.165) is 50.2 Å². The van der Waals surface area contributed by atoms with Gasteiger partial charge in [-0.05, 0) is 54.9 Å². The normalized spacial score (nSPS) is 23.3. The van der Waals surface area contributed by atoms with Gasteiger partial charge in [-0.15, -0.1) is 0 Å². The van der Waals surface area contributed by atoms with Crippen molar-refractivity contribution < 1.29 is 14.6 Å². The third-order valence-corrected chi connectivity index (χ3v) is 6.84. The van der Waals surface area contributed by atoms with Crippen LogP contribution in [-0.2, 0) is 6.54 Å². The summed E-state index contributed by atoms with van der Waals surface area (Å²) >= 11 is 0. The van der Waals surface area contributed by atoms with Crippen molar-refractivity contribution in [3.63, 3.8) is 0 Å². The summed E-state index contributed by atoms with van der Waals surface area (Å²) in [5.74, 6) is 1.75. The first-order valence-electron chi connectivity index (χ1n) is 11.1. The molecule has 0 aromatic heterocycles. The number of phenolic OH excluding ortho intramolecular Hbond substituents is 1. The topological polar surface area (TPSA) is 45.2 Å². The number of hydrogen-bond acceptors (Lipinski definition) is 5. The van der Waals surface area contributed by atoms with Crippen LogP contribution in [0.2, 0.25) is 0 Å². The number of piperazine rings is 1. The van der Waals surface area contributed by atoms with Crippen LogP contribution < -0.4 is 9.47 Å². The molecule has 5 heteroatoms. The van der Waals surface area contributed by atoms with Gasteiger partial charge in [0.1, 0.15) is 0 Å². The summed E-state index contributed by atoms with van der Waals surface area (Å²) < 4.78 is 10.6. The second-order valence-corrected chi connectivity index (χ2v) is 8.58. The number of nitrogens with zero attached hydrogens (tertiary/aromatic N) is 2. The highest BCUT2D eigenvalue weighted by Gasteiger charge is 2.29. The molecule has 2 aromatic carbocycles. The molecule has 0 atom stereocenters. The van der Waals surface area contributed by atoms with Crippen molar-refractivity contribution in [2.75, 3.05) is 40.4 Å². The average molecular weight is 411 g/mol. The smallest absolute Gasteiger partial charge is 0.200 e. The Morgan fingerprint density at radius 3 is 2.03 bits per heavy atom. The zero-order chi connectivity index (χ0) is 20.9. The summed E-state index contributed by atoms with van der Waals surface area (Å²) in [6, 6.07) is 15.6. The Labute approximate surface area is 180 Å². The van der Waals surface area contributed by atoms with Gasteiger partial charge in [-0.1, -0.05) is 30.3 Å². The zero-order valence-electron chi connectivity index (χ0n) is 18.2. The van der Waals surface area contributed by atoms with Gasteiger partial charge >= 0.3 is 0 Å². The largest absolute Gasteiger partial charge is 0.502 e. The van der Waals surface area contributed by atoms with Crippen LogP contribution >= 0.6 is 0 Å². The molecule has 2 aromatic rings. The number of phenols is 1. The maximum absolute atomic E-state index is 10.1. The van der Waals surface area contributed by atoms with E-state index in [1.54, 1.807) is 14.2 Å². The zero-order valence-corrected chi connectivity index (χ0v) is 18.2. The first-order chi connectivity index (χ1) is 14.7. The van der Waals surface area contributed by atoms with Gasteiger partial charge in [0.25, 0.3) is 0 Å². The summed E-state index contributed by atoms with van der Waals surface area (Å²) in [5, 5.41) is 10.1. The predicted octanol–water partition coefficient (Wildman–Crippen LogP) is 4.25. The predicted molar refractivity (Wildman–Crippen MR) is 119 cm³/mol. The lowest BCUT2D eigenvalue weighted by atomic mass is 9.81. The fourth-order valence-corrected chi connectivity index (χ4v) is 5.08. The molecule has 0 unspecified atom stereocenters. The molecule has 2 fully saturated rings. The Morgan fingerprint density at radius 1 is 0.867 bits per heavy atom. The number of aromatic hydroxyl groups is 1. The number of benzene rings is 2. The Kier molecular flexibility index (Phi) is 6.80. The van der Waals surface area contributed by atoms with E-state index in [-0.39, 0.29) is 5.75 Å². The van der Waals surface area contributed by atoms with Crippen molar-refractivity contribution >= 4 is 0 Å². The molecule has 2 aliphatic rings. The Bertz CT molecular complexity index is 785. The fraction of sp³-hybridized carbons (Fsp3) is 0.520. The highest BCUT2D eigenvalue weighted by atomic mass is 16.5. The van der Waals surface area contributed by atoms with Crippen molar-refractivity contribution in [2.45, 2.75) is 44.2 Å². The van der Waals surface area contributed by atoms with E-state index in [2.05, 4.69) is 40.1 Å². The maximum Gasteiger partial charge on any atom is 0.200 e.